The van der Waals surface area contributed by atoms with Crippen molar-refractivity contribution in [1.82, 2.24) is 14.9 Å². The number of hydrogen-bond acceptors (Lipinski definition) is 4. The Morgan fingerprint density at radius 1 is 1.06 bits per heavy atom. The summed E-state index contributed by atoms with van der Waals surface area (Å²) < 4.78 is 7.88. The molecule has 2 amide bonds. The zero-order chi connectivity index (χ0) is 23.6. The number of carbonyl (C=O) groups is 2. The number of unbranched alkanes of at least 4 members (excludes halogenated alkanes) is 1. The van der Waals surface area contributed by atoms with Gasteiger partial charge in [-0.05, 0) is 31.4 Å². The molecule has 0 bridgehead atoms. The SMILES string of the molecule is CCCCNC(=O)Nc1c(C)cccc1OCCCn1cnc(-c2ccccc2)c1C(C)=O. The first-order chi connectivity index (χ1) is 16.0. The van der Waals surface area contributed by atoms with Crippen LogP contribution in [0.3, 0.4) is 0 Å². The number of para-hydroxylation sites is 1. The number of anilines is 1. The van der Waals surface area contributed by atoms with E-state index in [4.69, 9.17) is 4.74 Å². The minimum Gasteiger partial charge on any atom is -0.491 e. The highest BCUT2D eigenvalue weighted by Crippen LogP contribution is 2.28. The molecule has 2 N–H and O–H groups in total. The summed E-state index contributed by atoms with van der Waals surface area (Å²) in [4.78, 5) is 29.0. The molecule has 3 rings (SSSR count). The van der Waals surface area contributed by atoms with Crippen molar-refractivity contribution >= 4 is 17.5 Å². The molecule has 1 heterocycles. The Bertz CT molecular complexity index is 1080. The van der Waals surface area contributed by atoms with E-state index in [2.05, 4.69) is 22.5 Å². The molecule has 174 valence electrons. The van der Waals surface area contributed by atoms with Gasteiger partial charge in [0.1, 0.15) is 11.4 Å². The van der Waals surface area contributed by atoms with Gasteiger partial charge in [-0.25, -0.2) is 9.78 Å². The van der Waals surface area contributed by atoms with Gasteiger partial charge in [-0.15, -0.1) is 0 Å². The number of benzene rings is 2. The predicted molar refractivity (Wildman–Crippen MR) is 131 cm³/mol. The van der Waals surface area contributed by atoms with Gasteiger partial charge in [0.05, 0.1) is 24.3 Å². The van der Waals surface area contributed by atoms with E-state index in [1.54, 1.807) is 13.3 Å². The molecule has 1 aromatic heterocycles. The van der Waals surface area contributed by atoms with Gasteiger partial charge in [0.25, 0.3) is 0 Å². The van der Waals surface area contributed by atoms with Gasteiger partial charge >= 0.3 is 6.03 Å². The zero-order valence-electron chi connectivity index (χ0n) is 19.6. The van der Waals surface area contributed by atoms with Crippen molar-refractivity contribution in [2.24, 2.45) is 0 Å². The highest BCUT2D eigenvalue weighted by molar-refractivity contribution is 5.98. The van der Waals surface area contributed by atoms with Crippen LogP contribution >= 0.6 is 0 Å². The topological polar surface area (TPSA) is 85.2 Å². The summed E-state index contributed by atoms with van der Waals surface area (Å²) in [5.41, 5.74) is 3.82. The second kappa shape index (κ2) is 11.9. The maximum atomic E-state index is 12.3. The van der Waals surface area contributed by atoms with Gasteiger partial charge < -0.3 is 19.9 Å². The number of nitrogens with one attached hydrogen (secondary N) is 2. The fourth-order valence-corrected chi connectivity index (χ4v) is 3.60. The molecule has 33 heavy (non-hydrogen) atoms. The summed E-state index contributed by atoms with van der Waals surface area (Å²) in [5, 5.41) is 5.77. The number of imidazole rings is 1. The monoisotopic (exact) mass is 448 g/mol. The Labute approximate surface area is 195 Å². The molecule has 0 unspecified atom stereocenters. The van der Waals surface area contributed by atoms with Crippen molar-refractivity contribution < 1.29 is 14.3 Å². The van der Waals surface area contributed by atoms with Crippen LogP contribution in [0.5, 0.6) is 5.75 Å². The number of amides is 2. The summed E-state index contributed by atoms with van der Waals surface area (Å²) in [5.74, 6) is 0.606. The normalized spacial score (nSPS) is 10.6. The smallest absolute Gasteiger partial charge is 0.319 e. The number of carbonyl (C=O) groups excluding carboxylic acids is 2. The second-order valence-electron chi connectivity index (χ2n) is 7.94. The molecule has 0 aliphatic rings. The third kappa shape index (κ3) is 6.44. The van der Waals surface area contributed by atoms with E-state index < -0.39 is 0 Å². The molecule has 0 radical (unpaired) electrons. The second-order valence-corrected chi connectivity index (χ2v) is 7.94. The molecule has 7 heteroatoms. The van der Waals surface area contributed by atoms with Crippen LogP contribution in [0.2, 0.25) is 0 Å². The Morgan fingerprint density at radius 3 is 2.58 bits per heavy atom. The summed E-state index contributed by atoms with van der Waals surface area (Å²) in [6, 6.07) is 15.2. The lowest BCUT2D eigenvalue weighted by Gasteiger charge is -2.15. The third-order valence-electron chi connectivity index (χ3n) is 5.31. The zero-order valence-corrected chi connectivity index (χ0v) is 19.6. The Kier molecular flexibility index (Phi) is 8.63. The van der Waals surface area contributed by atoms with Crippen LogP contribution in [-0.2, 0) is 6.54 Å². The van der Waals surface area contributed by atoms with Crippen molar-refractivity contribution in [3.8, 4) is 17.0 Å². The lowest BCUT2D eigenvalue weighted by Crippen LogP contribution is -2.30. The highest BCUT2D eigenvalue weighted by atomic mass is 16.5. The van der Waals surface area contributed by atoms with Gasteiger partial charge in [-0.3, -0.25) is 4.79 Å². The number of nitrogens with zero attached hydrogens (tertiary/aromatic N) is 2. The van der Waals surface area contributed by atoms with Crippen LogP contribution in [0.25, 0.3) is 11.3 Å². The van der Waals surface area contributed by atoms with E-state index in [-0.39, 0.29) is 11.8 Å². The number of aryl methyl sites for hydroxylation is 2. The van der Waals surface area contributed by atoms with Gasteiger partial charge in [0, 0.05) is 25.6 Å². The summed E-state index contributed by atoms with van der Waals surface area (Å²) in [7, 11) is 0. The molecular formula is C26H32N4O3. The molecular weight excluding hydrogens is 416 g/mol. The average Bonchev–Trinajstić information content (AvgIpc) is 3.24. The Morgan fingerprint density at radius 2 is 1.85 bits per heavy atom. The number of ether oxygens (including phenoxy) is 1. The Balaban J connectivity index is 1.62. The third-order valence-corrected chi connectivity index (χ3v) is 5.31. The molecule has 7 nitrogen and oxygen atoms in total. The van der Waals surface area contributed by atoms with Crippen molar-refractivity contribution in [3.05, 3.63) is 66.1 Å². The fraction of sp³-hybridized carbons (Fsp3) is 0.346. The van der Waals surface area contributed by atoms with Crippen molar-refractivity contribution in [1.29, 1.82) is 0 Å². The molecule has 0 fully saturated rings. The van der Waals surface area contributed by atoms with Crippen LogP contribution in [-0.4, -0.2) is 34.5 Å². The average molecular weight is 449 g/mol. The molecule has 0 spiro atoms. The summed E-state index contributed by atoms with van der Waals surface area (Å²) in [6.45, 7) is 7.25. The van der Waals surface area contributed by atoms with E-state index in [1.807, 2.05) is 60.0 Å². The first-order valence-corrected chi connectivity index (χ1v) is 11.4. The van der Waals surface area contributed by atoms with Crippen molar-refractivity contribution in [3.63, 3.8) is 0 Å². The van der Waals surface area contributed by atoms with Crippen LogP contribution in [0.15, 0.2) is 54.9 Å². The predicted octanol–water partition coefficient (Wildman–Crippen LogP) is 5.45. The minimum absolute atomic E-state index is 0.0217. The van der Waals surface area contributed by atoms with Crippen LogP contribution in [0, 0.1) is 6.92 Å². The number of Topliss-reactive ketones (excluding diaryl/α,β-unsaturated/α-hetero) is 1. The van der Waals surface area contributed by atoms with E-state index in [1.165, 1.54) is 0 Å². The van der Waals surface area contributed by atoms with E-state index in [0.717, 1.165) is 24.0 Å². The lowest BCUT2D eigenvalue weighted by molar-refractivity contribution is 0.100. The van der Waals surface area contributed by atoms with Gasteiger partial charge in [-0.2, -0.15) is 0 Å². The summed E-state index contributed by atoms with van der Waals surface area (Å²) in [6.07, 6.45) is 4.35. The van der Waals surface area contributed by atoms with E-state index in [0.29, 0.717) is 48.9 Å². The number of rotatable bonds is 11. The molecule has 0 aliphatic carbocycles. The summed E-state index contributed by atoms with van der Waals surface area (Å²) >= 11 is 0. The van der Waals surface area contributed by atoms with Gasteiger partial charge in [0.15, 0.2) is 5.78 Å². The quantitative estimate of drug-likeness (QED) is 0.302. The minimum atomic E-state index is -0.236. The highest BCUT2D eigenvalue weighted by Gasteiger charge is 2.17. The van der Waals surface area contributed by atoms with Crippen LogP contribution in [0.1, 0.15) is 49.2 Å². The molecule has 0 saturated carbocycles. The van der Waals surface area contributed by atoms with E-state index in [9.17, 15) is 9.59 Å². The number of hydrogen-bond donors (Lipinski definition) is 2. The number of urea groups is 1. The van der Waals surface area contributed by atoms with Crippen molar-refractivity contribution in [2.45, 2.75) is 46.6 Å². The largest absolute Gasteiger partial charge is 0.491 e. The molecule has 0 atom stereocenters. The first-order valence-electron chi connectivity index (χ1n) is 11.4. The maximum Gasteiger partial charge on any atom is 0.319 e. The number of ketones is 1. The van der Waals surface area contributed by atoms with Crippen LogP contribution in [0.4, 0.5) is 10.5 Å². The molecule has 3 aromatic rings. The van der Waals surface area contributed by atoms with Gasteiger partial charge in [0.2, 0.25) is 0 Å². The fourth-order valence-electron chi connectivity index (χ4n) is 3.60. The van der Waals surface area contributed by atoms with Crippen molar-refractivity contribution in [2.75, 3.05) is 18.5 Å². The lowest BCUT2D eigenvalue weighted by atomic mass is 10.1. The Hall–Kier alpha value is -3.61. The van der Waals surface area contributed by atoms with Crippen LogP contribution < -0.4 is 15.4 Å². The molecule has 0 aliphatic heterocycles. The number of aromatic nitrogens is 2. The van der Waals surface area contributed by atoms with Gasteiger partial charge in [-0.1, -0.05) is 55.8 Å². The molecule has 2 aromatic carbocycles. The maximum absolute atomic E-state index is 12.3. The molecule has 0 saturated heterocycles. The standard InChI is InChI=1S/C26H32N4O3/c1-4-5-15-27-26(32)29-23-19(2)11-9-14-22(23)33-17-10-16-30-18-28-24(25(30)20(3)31)21-12-7-6-8-13-21/h6-9,11-14,18H,4-5,10,15-17H2,1-3H3,(H2,27,29,32). The first kappa shape index (κ1) is 24.0. The van der Waals surface area contributed by atoms with E-state index >= 15 is 0 Å².